The minimum absolute atomic E-state index is 0.0140. The fourth-order valence-electron chi connectivity index (χ4n) is 3.72. The van der Waals surface area contributed by atoms with Gasteiger partial charge in [0.25, 0.3) is 5.91 Å². The molecule has 0 aromatic heterocycles. The van der Waals surface area contributed by atoms with Crippen LogP contribution in [0.25, 0.3) is 0 Å². The summed E-state index contributed by atoms with van der Waals surface area (Å²) in [7, 11) is 0. The van der Waals surface area contributed by atoms with Crippen LogP contribution in [0.1, 0.15) is 35.7 Å². The molecule has 3 rings (SSSR count). The van der Waals surface area contributed by atoms with Gasteiger partial charge in [0.15, 0.2) is 0 Å². The van der Waals surface area contributed by atoms with Crippen LogP contribution in [0.4, 0.5) is 5.69 Å². The molecule has 0 bridgehead atoms. The van der Waals surface area contributed by atoms with E-state index in [1.54, 1.807) is 37.4 Å². The Morgan fingerprint density at radius 2 is 1.81 bits per heavy atom. The molecule has 31 heavy (non-hydrogen) atoms. The Kier molecular flexibility index (Phi) is 7.83. The number of amides is 1. The molecule has 0 unspecified atom stereocenters. The molecule has 0 saturated carbocycles. The molecule has 1 amide bonds. The second kappa shape index (κ2) is 11.0. The molecule has 0 radical (unpaired) electrons. The normalized spacial score (nSPS) is 14.6. The number of para-hydroxylation sites is 1. The van der Waals surface area contributed by atoms with Gasteiger partial charge in [-0.1, -0.05) is 42.5 Å². The summed E-state index contributed by atoms with van der Waals surface area (Å²) >= 11 is 0. The number of anilines is 1. The SMILES string of the molecule is CCOC(=O)c1ccccc1NC(=O)/C(C#N)=C\N1CCC(Cc2ccccc2)CC1. The van der Waals surface area contributed by atoms with Crippen molar-refractivity contribution < 1.29 is 14.3 Å². The molecule has 1 aliphatic rings. The van der Waals surface area contributed by atoms with Gasteiger partial charge in [0.05, 0.1) is 17.9 Å². The van der Waals surface area contributed by atoms with Crippen molar-refractivity contribution >= 4 is 17.6 Å². The van der Waals surface area contributed by atoms with Crippen molar-refractivity contribution in [1.29, 1.82) is 5.26 Å². The van der Waals surface area contributed by atoms with Crippen molar-refractivity contribution in [2.75, 3.05) is 25.0 Å². The molecule has 1 saturated heterocycles. The van der Waals surface area contributed by atoms with Crippen molar-refractivity contribution in [3.63, 3.8) is 0 Å². The topological polar surface area (TPSA) is 82.4 Å². The number of carbonyl (C=O) groups is 2. The first-order valence-corrected chi connectivity index (χ1v) is 10.6. The van der Waals surface area contributed by atoms with Crippen LogP contribution in [0, 0.1) is 17.2 Å². The van der Waals surface area contributed by atoms with Crippen molar-refractivity contribution in [1.82, 2.24) is 4.90 Å². The molecule has 0 atom stereocenters. The molecule has 6 nitrogen and oxygen atoms in total. The largest absolute Gasteiger partial charge is 0.462 e. The molecule has 1 N–H and O–H groups in total. The zero-order valence-electron chi connectivity index (χ0n) is 17.7. The van der Waals surface area contributed by atoms with E-state index in [1.807, 2.05) is 17.0 Å². The number of hydrogen-bond acceptors (Lipinski definition) is 5. The quantitative estimate of drug-likeness (QED) is 0.415. The van der Waals surface area contributed by atoms with Gasteiger partial charge < -0.3 is 15.0 Å². The predicted octanol–water partition coefficient (Wildman–Crippen LogP) is 4.16. The molecule has 2 aromatic rings. The van der Waals surface area contributed by atoms with Crippen LogP contribution in [0.15, 0.2) is 66.4 Å². The molecule has 1 fully saturated rings. The summed E-state index contributed by atoms with van der Waals surface area (Å²) in [5, 5.41) is 12.2. The van der Waals surface area contributed by atoms with Gasteiger partial charge in [0.2, 0.25) is 0 Å². The molecular weight excluding hydrogens is 390 g/mol. The monoisotopic (exact) mass is 417 g/mol. The second-order valence-electron chi connectivity index (χ2n) is 7.54. The Labute approximate surface area is 183 Å². The zero-order chi connectivity index (χ0) is 22.1. The van der Waals surface area contributed by atoms with Gasteiger partial charge in [-0.3, -0.25) is 4.79 Å². The highest BCUT2D eigenvalue weighted by atomic mass is 16.5. The number of piperidine rings is 1. The van der Waals surface area contributed by atoms with E-state index < -0.39 is 11.9 Å². The molecule has 2 aromatic carbocycles. The summed E-state index contributed by atoms with van der Waals surface area (Å²) in [4.78, 5) is 26.8. The lowest BCUT2D eigenvalue weighted by Gasteiger charge is -2.31. The lowest BCUT2D eigenvalue weighted by molar-refractivity contribution is -0.112. The third kappa shape index (κ3) is 6.19. The van der Waals surface area contributed by atoms with Gasteiger partial charge in [-0.15, -0.1) is 0 Å². The second-order valence-corrected chi connectivity index (χ2v) is 7.54. The van der Waals surface area contributed by atoms with Gasteiger partial charge >= 0.3 is 5.97 Å². The number of nitrogens with zero attached hydrogens (tertiary/aromatic N) is 2. The maximum atomic E-state index is 12.7. The van der Waals surface area contributed by atoms with Crippen LogP contribution in [0.5, 0.6) is 0 Å². The van der Waals surface area contributed by atoms with Crippen LogP contribution in [0.3, 0.4) is 0 Å². The van der Waals surface area contributed by atoms with Gasteiger partial charge in [0.1, 0.15) is 11.6 Å². The Hall–Kier alpha value is -3.59. The van der Waals surface area contributed by atoms with Crippen molar-refractivity contribution in [3.8, 4) is 6.07 Å². The highest BCUT2D eigenvalue weighted by molar-refractivity contribution is 6.09. The fraction of sp³-hybridized carbons (Fsp3) is 0.320. The third-order valence-electron chi connectivity index (χ3n) is 5.36. The van der Waals surface area contributed by atoms with Crippen molar-refractivity contribution in [3.05, 3.63) is 77.5 Å². The highest BCUT2D eigenvalue weighted by Gasteiger charge is 2.20. The lowest BCUT2D eigenvalue weighted by atomic mass is 9.90. The Bertz CT molecular complexity index is 971. The van der Waals surface area contributed by atoms with Gasteiger partial charge in [-0.05, 0) is 49.8 Å². The van der Waals surface area contributed by atoms with Crippen LogP contribution < -0.4 is 5.32 Å². The van der Waals surface area contributed by atoms with E-state index in [1.165, 1.54) is 5.56 Å². The van der Waals surface area contributed by atoms with Crippen LogP contribution in [-0.2, 0) is 16.0 Å². The molecule has 6 heteroatoms. The van der Waals surface area contributed by atoms with Crippen LogP contribution >= 0.6 is 0 Å². The van der Waals surface area contributed by atoms with E-state index in [9.17, 15) is 14.9 Å². The van der Waals surface area contributed by atoms with Crippen molar-refractivity contribution in [2.24, 2.45) is 5.92 Å². The predicted molar refractivity (Wildman–Crippen MR) is 119 cm³/mol. The van der Waals surface area contributed by atoms with E-state index in [-0.39, 0.29) is 17.7 Å². The number of nitrogens with one attached hydrogen (secondary N) is 1. The summed E-state index contributed by atoms with van der Waals surface area (Å²) in [5.74, 6) is -0.449. The number of hydrogen-bond donors (Lipinski definition) is 1. The lowest BCUT2D eigenvalue weighted by Crippen LogP contribution is -2.31. The van der Waals surface area contributed by atoms with Crippen molar-refractivity contribution in [2.45, 2.75) is 26.2 Å². The smallest absolute Gasteiger partial charge is 0.340 e. The number of rotatable bonds is 7. The van der Waals surface area contributed by atoms with E-state index in [4.69, 9.17) is 4.74 Å². The third-order valence-corrected chi connectivity index (χ3v) is 5.36. The highest BCUT2D eigenvalue weighted by Crippen LogP contribution is 2.23. The minimum atomic E-state index is -0.536. The molecule has 0 spiro atoms. The van der Waals surface area contributed by atoms with Crippen LogP contribution in [-0.4, -0.2) is 36.5 Å². The first kappa shape index (κ1) is 22.1. The summed E-state index contributed by atoms with van der Waals surface area (Å²) in [6.07, 6.45) is 4.70. The minimum Gasteiger partial charge on any atom is -0.462 e. The van der Waals surface area contributed by atoms with Gasteiger partial charge in [-0.25, -0.2) is 4.79 Å². The maximum absolute atomic E-state index is 12.7. The Balaban J connectivity index is 1.60. The van der Waals surface area contributed by atoms with E-state index in [0.29, 0.717) is 11.6 Å². The summed E-state index contributed by atoms with van der Waals surface area (Å²) < 4.78 is 5.03. The number of esters is 1. The standard InChI is InChI=1S/C25H27N3O3/c1-2-31-25(30)22-10-6-7-11-23(22)27-24(29)21(17-26)18-28-14-12-20(13-15-28)16-19-8-4-3-5-9-19/h3-11,18,20H,2,12-16H2,1H3,(H,27,29)/b21-18-. The Morgan fingerprint density at radius 3 is 2.48 bits per heavy atom. The first-order chi connectivity index (χ1) is 15.1. The summed E-state index contributed by atoms with van der Waals surface area (Å²) in [6, 6.07) is 19.0. The number of likely N-dealkylation sites (tertiary alicyclic amines) is 1. The summed E-state index contributed by atoms with van der Waals surface area (Å²) in [5.41, 5.74) is 1.94. The van der Waals surface area contributed by atoms with E-state index >= 15 is 0 Å². The van der Waals surface area contributed by atoms with E-state index in [0.717, 1.165) is 32.4 Å². The summed E-state index contributed by atoms with van der Waals surface area (Å²) in [6.45, 7) is 3.56. The van der Waals surface area contributed by atoms with Gasteiger partial charge in [0, 0.05) is 19.3 Å². The molecule has 1 heterocycles. The maximum Gasteiger partial charge on any atom is 0.340 e. The molecule has 160 valence electrons. The fourth-order valence-corrected chi connectivity index (χ4v) is 3.72. The molecule has 0 aliphatic carbocycles. The van der Waals surface area contributed by atoms with E-state index in [2.05, 4.69) is 29.6 Å². The number of benzene rings is 2. The number of nitriles is 1. The van der Waals surface area contributed by atoms with Gasteiger partial charge in [-0.2, -0.15) is 5.26 Å². The average molecular weight is 418 g/mol. The Morgan fingerprint density at radius 1 is 1.13 bits per heavy atom. The average Bonchev–Trinajstić information content (AvgIpc) is 2.79. The molecular formula is C25H27N3O3. The number of ether oxygens (including phenoxy) is 1. The van der Waals surface area contributed by atoms with Crippen LogP contribution in [0.2, 0.25) is 0 Å². The number of carbonyl (C=O) groups excluding carboxylic acids is 2. The zero-order valence-corrected chi connectivity index (χ0v) is 17.7. The first-order valence-electron chi connectivity index (χ1n) is 10.6. The molecule has 1 aliphatic heterocycles.